The van der Waals surface area contributed by atoms with Crippen molar-refractivity contribution in [3.63, 3.8) is 0 Å². The largest absolute Gasteiger partial charge is 0.310 e. The van der Waals surface area contributed by atoms with Crippen LogP contribution in [-0.4, -0.2) is 31.0 Å². The molecule has 0 aromatic carbocycles. The van der Waals surface area contributed by atoms with Gasteiger partial charge in [0.2, 0.25) is 5.95 Å². The molecule has 1 aliphatic heterocycles. The molecular formula is C17H14F2N6. The summed E-state index contributed by atoms with van der Waals surface area (Å²) in [5, 5.41) is 3.31. The highest BCUT2D eigenvalue weighted by molar-refractivity contribution is 5.63. The van der Waals surface area contributed by atoms with Crippen molar-refractivity contribution in [3.05, 3.63) is 53.6 Å². The minimum absolute atomic E-state index is 0.129. The van der Waals surface area contributed by atoms with Crippen LogP contribution in [0.25, 0.3) is 23.0 Å². The first kappa shape index (κ1) is 15.6. The SMILES string of the molecule is CC1Cc2nc(-c3ncccn3)nc(-c3cc(F)cc(F)n3)c2CN1. The first-order valence-electron chi connectivity index (χ1n) is 7.84. The fourth-order valence-electron chi connectivity index (χ4n) is 2.84. The lowest BCUT2D eigenvalue weighted by Crippen LogP contribution is -2.34. The maximum absolute atomic E-state index is 13.7. The standard InChI is InChI=1S/C17H14F2N6/c1-9-5-12-11(8-22-9)15(13-6-10(18)7-14(19)23-13)25-17(24-12)16-20-3-2-4-21-16/h2-4,6-7,9,22H,5,8H2,1H3. The zero-order chi connectivity index (χ0) is 17.4. The molecule has 0 radical (unpaired) electrons. The van der Waals surface area contributed by atoms with E-state index in [9.17, 15) is 8.78 Å². The predicted octanol–water partition coefficient (Wildman–Crippen LogP) is 2.31. The topological polar surface area (TPSA) is 76.5 Å². The normalized spacial score (nSPS) is 16.5. The molecule has 0 bridgehead atoms. The molecule has 0 amide bonds. The van der Waals surface area contributed by atoms with Crippen LogP contribution in [0.3, 0.4) is 0 Å². The van der Waals surface area contributed by atoms with E-state index in [4.69, 9.17) is 0 Å². The van der Waals surface area contributed by atoms with Crippen LogP contribution in [0.1, 0.15) is 18.2 Å². The zero-order valence-corrected chi connectivity index (χ0v) is 13.4. The Morgan fingerprint density at radius 3 is 2.60 bits per heavy atom. The van der Waals surface area contributed by atoms with E-state index in [0.717, 1.165) is 17.3 Å². The summed E-state index contributed by atoms with van der Waals surface area (Å²) in [6.07, 6.45) is 3.85. The summed E-state index contributed by atoms with van der Waals surface area (Å²) in [6.45, 7) is 2.55. The Labute approximate surface area is 142 Å². The number of hydrogen-bond donors (Lipinski definition) is 1. The Morgan fingerprint density at radius 2 is 1.84 bits per heavy atom. The van der Waals surface area contributed by atoms with Gasteiger partial charge >= 0.3 is 0 Å². The van der Waals surface area contributed by atoms with E-state index < -0.39 is 11.8 Å². The average molecular weight is 340 g/mol. The molecule has 8 heteroatoms. The fourth-order valence-corrected chi connectivity index (χ4v) is 2.84. The highest BCUT2D eigenvalue weighted by Crippen LogP contribution is 2.28. The van der Waals surface area contributed by atoms with Crippen LogP contribution in [0.5, 0.6) is 0 Å². The van der Waals surface area contributed by atoms with Gasteiger partial charge in [-0.05, 0) is 13.0 Å². The summed E-state index contributed by atoms with van der Waals surface area (Å²) < 4.78 is 27.3. The maximum atomic E-state index is 13.7. The van der Waals surface area contributed by atoms with E-state index >= 15 is 0 Å². The fraction of sp³-hybridized carbons (Fsp3) is 0.235. The Kier molecular flexibility index (Phi) is 3.89. The smallest absolute Gasteiger partial charge is 0.216 e. The van der Waals surface area contributed by atoms with E-state index in [2.05, 4.69) is 30.2 Å². The minimum Gasteiger partial charge on any atom is -0.310 e. The monoisotopic (exact) mass is 340 g/mol. The van der Waals surface area contributed by atoms with Gasteiger partial charge in [0, 0.05) is 49.1 Å². The number of rotatable bonds is 2. The molecular weight excluding hydrogens is 326 g/mol. The first-order chi connectivity index (χ1) is 12.1. The molecule has 0 saturated carbocycles. The van der Waals surface area contributed by atoms with E-state index in [1.807, 2.05) is 6.92 Å². The lowest BCUT2D eigenvalue weighted by Gasteiger charge is -2.24. The third kappa shape index (κ3) is 3.08. The lowest BCUT2D eigenvalue weighted by atomic mass is 9.99. The summed E-state index contributed by atoms with van der Waals surface area (Å²) in [4.78, 5) is 21.2. The number of pyridine rings is 1. The van der Waals surface area contributed by atoms with Crippen LogP contribution < -0.4 is 5.32 Å². The van der Waals surface area contributed by atoms with Crippen molar-refractivity contribution in [2.24, 2.45) is 0 Å². The van der Waals surface area contributed by atoms with Gasteiger partial charge in [-0.25, -0.2) is 29.3 Å². The van der Waals surface area contributed by atoms with E-state index in [1.54, 1.807) is 18.5 Å². The number of hydrogen-bond acceptors (Lipinski definition) is 6. The van der Waals surface area contributed by atoms with Crippen LogP contribution in [-0.2, 0) is 13.0 Å². The quantitative estimate of drug-likeness (QED) is 0.722. The van der Waals surface area contributed by atoms with Crippen molar-refractivity contribution < 1.29 is 8.78 Å². The van der Waals surface area contributed by atoms with Gasteiger partial charge in [0.15, 0.2) is 11.6 Å². The molecule has 3 aromatic rings. The van der Waals surface area contributed by atoms with Crippen molar-refractivity contribution in [3.8, 4) is 23.0 Å². The number of halogens is 2. The molecule has 3 aromatic heterocycles. The number of nitrogens with zero attached hydrogens (tertiary/aromatic N) is 5. The second kappa shape index (κ2) is 6.21. The van der Waals surface area contributed by atoms with Gasteiger partial charge < -0.3 is 5.32 Å². The second-order valence-electron chi connectivity index (χ2n) is 5.87. The van der Waals surface area contributed by atoms with Gasteiger partial charge in [0.25, 0.3) is 0 Å². The predicted molar refractivity (Wildman–Crippen MR) is 86.2 cm³/mol. The zero-order valence-electron chi connectivity index (χ0n) is 13.4. The molecule has 0 fully saturated rings. The Hall–Kier alpha value is -2.87. The maximum Gasteiger partial charge on any atom is 0.216 e. The average Bonchev–Trinajstić information content (AvgIpc) is 2.60. The Bertz CT molecular complexity index is 912. The third-order valence-corrected chi connectivity index (χ3v) is 3.99. The van der Waals surface area contributed by atoms with Crippen LogP contribution in [0.4, 0.5) is 8.78 Å². The van der Waals surface area contributed by atoms with E-state index in [0.29, 0.717) is 30.3 Å². The molecule has 0 aliphatic carbocycles. The van der Waals surface area contributed by atoms with Gasteiger partial charge in [0.1, 0.15) is 5.82 Å². The van der Waals surface area contributed by atoms with Gasteiger partial charge in [-0.1, -0.05) is 0 Å². The Balaban J connectivity index is 1.94. The molecule has 4 heterocycles. The molecule has 4 rings (SSSR count). The third-order valence-electron chi connectivity index (χ3n) is 3.99. The van der Waals surface area contributed by atoms with Crippen LogP contribution in [0.15, 0.2) is 30.6 Å². The lowest BCUT2D eigenvalue weighted by molar-refractivity contribution is 0.503. The van der Waals surface area contributed by atoms with Gasteiger partial charge in [-0.3, -0.25) is 0 Å². The van der Waals surface area contributed by atoms with Crippen molar-refractivity contribution >= 4 is 0 Å². The molecule has 1 atom stereocenters. The minimum atomic E-state index is -0.892. The highest BCUT2D eigenvalue weighted by atomic mass is 19.1. The van der Waals surface area contributed by atoms with Crippen molar-refractivity contribution in [2.45, 2.75) is 25.9 Å². The van der Waals surface area contributed by atoms with Crippen LogP contribution in [0.2, 0.25) is 0 Å². The summed E-state index contributed by atoms with van der Waals surface area (Å²) in [5.41, 5.74) is 2.12. The molecule has 1 N–H and O–H groups in total. The molecule has 1 unspecified atom stereocenters. The summed E-state index contributed by atoms with van der Waals surface area (Å²) in [6, 6.07) is 3.83. The molecule has 1 aliphatic rings. The summed E-state index contributed by atoms with van der Waals surface area (Å²) in [5.74, 6) is -0.925. The molecule has 126 valence electrons. The van der Waals surface area contributed by atoms with Crippen molar-refractivity contribution in [1.82, 2.24) is 30.2 Å². The van der Waals surface area contributed by atoms with E-state index in [-0.39, 0.29) is 11.7 Å². The number of fused-ring (bicyclic) bond motifs is 1. The summed E-state index contributed by atoms with van der Waals surface area (Å²) >= 11 is 0. The molecule has 6 nitrogen and oxygen atoms in total. The van der Waals surface area contributed by atoms with Crippen LogP contribution in [0, 0.1) is 11.8 Å². The van der Waals surface area contributed by atoms with Crippen LogP contribution >= 0.6 is 0 Å². The Morgan fingerprint density at radius 1 is 1.04 bits per heavy atom. The molecule has 0 saturated heterocycles. The first-order valence-corrected chi connectivity index (χ1v) is 7.84. The number of aromatic nitrogens is 5. The van der Waals surface area contributed by atoms with Gasteiger partial charge in [-0.2, -0.15) is 4.39 Å². The summed E-state index contributed by atoms with van der Waals surface area (Å²) in [7, 11) is 0. The number of nitrogens with one attached hydrogen (secondary N) is 1. The second-order valence-corrected chi connectivity index (χ2v) is 5.87. The van der Waals surface area contributed by atoms with E-state index in [1.165, 1.54) is 6.07 Å². The molecule has 0 spiro atoms. The van der Waals surface area contributed by atoms with Crippen molar-refractivity contribution in [1.29, 1.82) is 0 Å². The highest BCUT2D eigenvalue weighted by Gasteiger charge is 2.24. The van der Waals surface area contributed by atoms with Gasteiger partial charge in [0.05, 0.1) is 17.1 Å². The van der Waals surface area contributed by atoms with Gasteiger partial charge in [-0.15, -0.1) is 0 Å². The van der Waals surface area contributed by atoms with Crippen molar-refractivity contribution in [2.75, 3.05) is 0 Å². The molecule has 25 heavy (non-hydrogen) atoms.